The highest BCUT2D eigenvalue weighted by atomic mass is 19.4. The molecule has 4 heterocycles. The van der Waals surface area contributed by atoms with Gasteiger partial charge in [-0.3, -0.25) is 0 Å². The lowest BCUT2D eigenvalue weighted by molar-refractivity contribution is -0.140. The van der Waals surface area contributed by atoms with Crippen molar-refractivity contribution in [2.24, 2.45) is 0 Å². The van der Waals surface area contributed by atoms with Gasteiger partial charge < -0.3 is 9.30 Å². The molecule has 0 bridgehead atoms. The molecule has 7 rings (SSSR count). The van der Waals surface area contributed by atoms with E-state index < -0.39 is 17.4 Å². The molecule has 2 aliphatic carbocycles. The zero-order valence-corrected chi connectivity index (χ0v) is 22.7. The molecule has 0 radical (unpaired) electrons. The molecule has 0 aliphatic heterocycles. The Morgan fingerprint density at radius 2 is 1.76 bits per heavy atom. The van der Waals surface area contributed by atoms with E-state index in [4.69, 9.17) is 14.8 Å². The highest BCUT2D eigenvalue weighted by Gasteiger charge is 2.48. The van der Waals surface area contributed by atoms with E-state index in [0.29, 0.717) is 34.4 Å². The van der Waals surface area contributed by atoms with E-state index in [-0.39, 0.29) is 11.9 Å². The molecule has 0 atom stereocenters. The van der Waals surface area contributed by atoms with Crippen LogP contribution in [0.3, 0.4) is 0 Å². The third-order valence-electron chi connectivity index (χ3n) is 7.92. The van der Waals surface area contributed by atoms with Gasteiger partial charge in [-0.15, -0.1) is 0 Å². The van der Waals surface area contributed by atoms with Crippen molar-refractivity contribution < 1.29 is 17.9 Å². The second kappa shape index (κ2) is 9.08. The summed E-state index contributed by atoms with van der Waals surface area (Å²) in [4.78, 5) is 22.3. The summed E-state index contributed by atoms with van der Waals surface area (Å²) in [5, 5.41) is 5.52. The number of hydrogen-bond donors (Lipinski definition) is 0. The number of hydrogen-bond acceptors (Lipinski definition) is 7. The van der Waals surface area contributed by atoms with Crippen molar-refractivity contribution in [2.75, 3.05) is 7.11 Å². The van der Waals surface area contributed by atoms with Gasteiger partial charge in [-0.2, -0.15) is 18.3 Å². The molecule has 0 saturated heterocycles. The molecule has 12 heteroatoms. The van der Waals surface area contributed by atoms with Crippen LogP contribution >= 0.6 is 0 Å². The molecule has 9 nitrogen and oxygen atoms in total. The predicted octanol–water partition coefficient (Wildman–Crippen LogP) is 6.17. The number of aromatic nitrogens is 8. The number of rotatable bonds is 7. The molecule has 2 saturated carbocycles. The van der Waals surface area contributed by atoms with Gasteiger partial charge in [0.1, 0.15) is 17.7 Å². The first-order chi connectivity index (χ1) is 19.7. The number of ether oxygens (including phenoxy) is 1. The zero-order valence-electron chi connectivity index (χ0n) is 22.7. The maximum absolute atomic E-state index is 13.4. The van der Waals surface area contributed by atoms with Crippen LogP contribution in [0, 0.1) is 0 Å². The number of benzene rings is 1. The van der Waals surface area contributed by atoms with Crippen molar-refractivity contribution in [3.63, 3.8) is 0 Å². The third kappa shape index (κ3) is 4.23. The summed E-state index contributed by atoms with van der Waals surface area (Å²) in [5.41, 5.74) is 2.61. The van der Waals surface area contributed by atoms with E-state index >= 15 is 0 Å². The molecule has 0 N–H and O–H groups in total. The lowest BCUT2D eigenvalue weighted by Gasteiger charge is -2.18. The summed E-state index contributed by atoms with van der Waals surface area (Å²) in [5.74, 6) is 1.57. The SMILES string of the molecule is COc1ncnc(C2CC2)c1-c1ncc2cnn(C3(c4ccc(-c5nc(C(F)(F)F)cn5C(C)C)cc4)CC3)c2n1. The van der Waals surface area contributed by atoms with Crippen LogP contribution in [-0.4, -0.2) is 46.4 Å². The molecule has 2 fully saturated rings. The molecule has 4 aromatic heterocycles. The quantitative estimate of drug-likeness (QED) is 0.235. The van der Waals surface area contributed by atoms with Crippen molar-refractivity contribution >= 4 is 11.0 Å². The van der Waals surface area contributed by atoms with Crippen molar-refractivity contribution in [3.8, 4) is 28.7 Å². The Morgan fingerprint density at radius 1 is 1.00 bits per heavy atom. The van der Waals surface area contributed by atoms with E-state index in [9.17, 15) is 13.2 Å². The summed E-state index contributed by atoms with van der Waals surface area (Å²) in [6, 6.07) is 7.38. The predicted molar refractivity (Wildman–Crippen MR) is 144 cm³/mol. The van der Waals surface area contributed by atoms with Crippen LogP contribution in [0.15, 0.2) is 49.2 Å². The van der Waals surface area contributed by atoms with Gasteiger partial charge in [-0.1, -0.05) is 24.3 Å². The lowest BCUT2D eigenvalue weighted by Crippen LogP contribution is -2.20. The first kappa shape index (κ1) is 25.6. The Labute approximate surface area is 233 Å². The molecule has 0 spiro atoms. The van der Waals surface area contributed by atoms with Crippen molar-refractivity contribution in [1.29, 1.82) is 0 Å². The normalized spacial score (nSPS) is 16.5. The largest absolute Gasteiger partial charge is 0.480 e. The van der Waals surface area contributed by atoms with Crippen LogP contribution in [0.4, 0.5) is 13.2 Å². The van der Waals surface area contributed by atoms with E-state index in [2.05, 4.69) is 19.9 Å². The molecule has 1 aromatic carbocycles. The molecular weight excluding hydrogens is 533 g/mol. The van der Waals surface area contributed by atoms with Gasteiger partial charge in [0.2, 0.25) is 5.88 Å². The molecule has 0 unspecified atom stereocenters. The maximum atomic E-state index is 13.4. The molecular formula is C29H27F3N8O. The Bertz CT molecular complexity index is 1770. The first-order valence-corrected chi connectivity index (χ1v) is 13.6. The van der Waals surface area contributed by atoms with Crippen molar-refractivity contribution in [1.82, 2.24) is 39.3 Å². The van der Waals surface area contributed by atoms with E-state index in [1.54, 1.807) is 24.1 Å². The number of fused-ring (bicyclic) bond motifs is 1. The fraction of sp³-hybridized carbons (Fsp3) is 0.379. The Kier molecular flexibility index (Phi) is 5.67. The van der Waals surface area contributed by atoms with Crippen molar-refractivity contribution in [2.45, 2.75) is 63.2 Å². The fourth-order valence-corrected chi connectivity index (χ4v) is 5.47. The molecule has 0 amide bonds. The monoisotopic (exact) mass is 560 g/mol. The average Bonchev–Trinajstić information content (AvgIpc) is 3.88. The zero-order chi connectivity index (χ0) is 28.5. The smallest absolute Gasteiger partial charge is 0.434 e. The summed E-state index contributed by atoms with van der Waals surface area (Å²) >= 11 is 0. The molecule has 2 aliphatic rings. The van der Waals surface area contributed by atoms with E-state index in [0.717, 1.165) is 48.5 Å². The van der Waals surface area contributed by atoms with Gasteiger partial charge in [0, 0.05) is 29.9 Å². The minimum atomic E-state index is -4.51. The van der Waals surface area contributed by atoms with Gasteiger partial charge in [0.25, 0.3) is 0 Å². The number of methoxy groups -OCH3 is 1. The molecule has 5 aromatic rings. The molecule has 41 heavy (non-hydrogen) atoms. The Balaban J connectivity index is 1.27. The van der Waals surface area contributed by atoms with Gasteiger partial charge in [-0.25, -0.2) is 29.6 Å². The first-order valence-electron chi connectivity index (χ1n) is 13.6. The highest BCUT2D eigenvalue weighted by Crippen LogP contribution is 2.51. The summed E-state index contributed by atoms with van der Waals surface area (Å²) in [7, 11) is 1.58. The minimum absolute atomic E-state index is 0.179. The van der Waals surface area contributed by atoms with E-state index in [1.807, 2.05) is 42.8 Å². The lowest BCUT2D eigenvalue weighted by atomic mass is 10.0. The number of imidazole rings is 1. The summed E-state index contributed by atoms with van der Waals surface area (Å²) < 4.78 is 49.3. The van der Waals surface area contributed by atoms with Gasteiger partial charge in [0.15, 0.2) is 17.2 Å². The Hall–Kier alpha value is -4.35. The second-order valence-electron chi connectivity index (χ2n) is 11.0. The van der Waals surface area contributed by atoms with Crippen LogP contribution in [0.5, 0.6) is 5.88 Å². The van der Waals surface area contributed by atoms with Gasteiger partial charge in [-0.05, 0) is 45.1 Å². The fourth-order valence-electron chi connectivity index (χ4n) is 5.47. The van der Waals surface area contributed by atoms with Crippen LogP contribution in [-0.2, 0) is 11.7 Å². The highest BCUT2D eigenvalue weighted by molar-refractivity contribution is 5.78. The topological polar surface area (TPSA) is 96.4 Å². The molecule has 210 valence electrons. The van der Waals surface area contributed by atoms with E-state index in [1.165, 1.54) is 6.33 Å². The summed E-state index contributed by atoms with van der Waals surface area (Å²) in [6.07, 6.45) is 5.41. The second-order valence-corrected chi connectivity index (χ2v) is 11.0. The van der Waals surface area contributed by atoms with Crippen LogP contribution in [0.1, 0.15) is 68.4 Å². The maximum Gasteiger partial charge on any atom is 0.434 e. The third-order valence-corrected chi connectivity index (χ3v) is 7.92. The number of halogens is 3. The van der Waals surface area contributed by atoms with Crippen LogP contribution in [0.2, 0.25) is 0 Å². The minimum Gasteiger partial charge on any atom is -0.480 e. The van der Waals surface area contributed by atoms with Crippen molar-refractivity contribution in [3.05, 3.63) is 66.1 Å². The number of nitrogens with zero attached hydrogens (tertiary/aromatic N) is 8. The standard InChI is InChI=1S/C29H27F3N8O/c1-16(2)39-14-21(29(30,31)32)37-25(39)18-6-8-20(9-7-18)28(10-11-28)40-26-19(13-36-40)12-33-24(38-26)22-23(17-4-5-17)34-15-35-27(22)41-3/h6-9,12-17H,4-5,10-11H2,1-3H3. The van der Waals surface area contributed by atoms with Crippen LogP contribution in [0.25, 0.3) is 33.8 Å². The van der Waals surface area contributed by atoms with Gasteiger partial charge in [0.05, 0.1) is 29.9 Å². The van der Waals surface area contributed by atoms with Gasteiger partial charge >= 0.3 is 6.18 Å². The average molecular weight is 561 g/mol. The van der Waals surface area contributed by atoms with Crippen LogP contribution < -0.4 is 4.74 Å². The Morgan fingerprint density at radius 3 is 2.39 bits per heavy atom. The summed E-state index contributed by atoms with van der Waals surface area (Å²) in [6.45, 7) is 3.67. The number of alkyl halides is 3.